The van der Waals surface area contributed by atoms with E-state index in [1.165, 1.54) is 128 Å². The largest absolute Gasteiger partial charge is 0.460 e. The third kappa shape index (κ3) is 30.9. The average molecular weight is 627 g/mol. The van der Waals surface area contributed by atoms with E-state index in [4.69, 9.17) is 9.47 Å². The molecule has 0 radical (unpaired) electrons. The van der Waals surface area contributed by atoms with Crippen molar-refractivity contribution in [1.29, 1.82) is 0 Å². The van der Waals surface area contributed by atoms with Gasteiger partial charge in [-0.25, -0.2) is 0 Å². The van der Waals surface area contributed by atoms with E-state index in [0.717, 1.165) is 35.1 Å². The van der Waals surface area contributed by atoms with Gasteiger partial charge in [0.15, 0.2) is 0 Å². The quantitative estimate of drug-likeness (QED) is 0.0413. The molecule has 0 N–H and O–H groups in total. The van der Waals surface area contributed by atoms with Crippen molar-refractivity contribution in [2.24, 2.45) is 0 Å². The molecule has 0 bridgehead atoms. The second kappa shape index (κ2) is 29.3. The fourth-order valence-corrected chi connectivity index (χ4v) is 5.77. The third-order valence-electron chi connectivity index (χ3n) is 9.17. The summed E-state index contributed by atoms with van der Waals surface area (Å²) in [5, 5.41) is 0. The van der Waals surface area contributed by atoms with Gasteiger partial charge in [0.25, 0.3) is 0 Å². The number of esters is 2. The first-order valence-corrected chi connectivity index (χ1v) is 19.1. The van der Waals surface area contributed by atoms with E-state index in [1.54, 1.807) is 0 Å². The van der Waals surface area contributed by atoms with Gasteiger partial charge in [-0.1, -0.05) is 117 Å². The van der Waals surface area contributed by atoms with Crippen molar-refractivity contribution >= 4 is 11.9 Å². The van der Waals surface area contributed by atoms with Crippen molar-refractivity contribution in [3.05, 3.63) is 0 Å². The molecule has 0 aliphatic rings. The lowest BCUT2D eigenvalue weighted by Gasteiger charge is -2.29. The molecule has 0 saturated carbocycles. The maximum absolute atomic E-state index is 12.2. The van der Waals surface area contributed by atoms with Crippen molar-refractivity contribution in [1.82, 2.24) is 0 Å². The number of hydrogen-bond donors (Lipinski definition) is 0. The van der Waals surface area contributed by atoms with Gasteiger partial charge >= 0.3 is 11.9 Å². The molecular weight excluding hydrogens is 548 g/mol. The molecule has 0 heterocycles. The lowest BCUT2D eigenvalue weighted by molar-refractivity contribution is -0.890. The summed E-state index contributed by atoms with van der Waals surface area (Å²) in [6.07, 6.45) is 29.2. The smallest absolute Gasteiger partial charge is 0.305 e. The van der Waals surface area contributed by atoms with Crippen molar-refractivity contribution in [3.8, 4) is 0 Å². The van der Waals surface area contributed by atoms with Gasteiger partial charge in [-0.05, 0) is 38.5 Å². The predicted octanol–water partition coefficient (Wildman–Crippen LogP) is 9.63. The molecule has 0 aliphatic carbocycles. The molecule has 0 unspecified atom stereocenters. The summed E-state index contributed by atoms with van der Waals surface area (Å²) in [5.41, 5.74) is 0. The molecule has 0 amide bonds. The number of hydrogen-bond acceptors (Lipinski definition) is 4. The summed E-state index contributed by atoms with van der Waals surface area (Å²) in [6.45, 7) is 9.45. The number of likely N-dealkylation sites (N-methyl/N-ethyl adjacent to an activating group) is 2. The van der Waals surface area contributed by atoms with Crippen LogP contribution < -0.4 is 0 Å². The summed E-state index contributed by atoms with van der Waals surface area (Å²) in [4.78, 5) is 24.3. The number of nitrogens with zero attached hydrogens (tertiary/aromatic N) is 2. The third-order valence-corrected chi connectivity index (χ3v) is 9.17. The normalized spacial score (nSPS) is 12.0. The van der Waals surface area contributed by atoms with Gasteiger partial charge < -0.3 is 18.4 Å². The van der Waals surface area contributed by atoms with Crippen LogP contribution in [0.3, 0.4) is 0 Å². The molecule has 0 saturated heterocycles. The maximum atomic E-state index is 12.2. The molecule has 0 aromatic heterocycles. The highest BCUT2D eigenvalue weighted by Crippen LogP contribution is 2.13. The van der Waals surface area contributed by atoms with E-state index >= 15 is 0 Å². The number of carbonyl (C=O) groups excluding carboxylic acids is 2. The summed E-state index contributed by atoms with van der Waals surface area (Å²) in [6, 6.07) is 0. The van der Waals surface area contributed by atoms with Gasteiger partial charge in [-0.2, -0.15) is 0 Å². The van der Waals surface area contributed by atoms with Gasteiger partial charge in [0.05, 0.1) is 41.3 Å². The summed E-state index contributed by atoms with van der Waals surface area (Å²) >= 11 is 0. The molecule has 0 rings (SSSR count). The number of quaternary nitrogens is 2. The molecular formula is C38H78N2O4+2. The van der Waals surface area contributed by atoms with Crippen LogP contribution in [0.5, 0.6) is 0 Å². The lowest BCUT2D eigenvalue weighted by Crippen LogP contribution is -2.43. The van der Waals surface area contributed by atoms with Gasteiger partial charge in [-0.3, -0.25) is 9.59 Å². The van der Waals surface area contributed by atoms with Crippen LogP contribution in [0.15, 0.2) is 0 Å². The standard InChI is InChI=1S/C38H78N2O4/c1-7-9-11-13-15-17-19-21-23-27-31-39(3,4)33-35-43-37(41)29-25-26-30-38(42)44-36-34-40(5,6)32-28-24-22-20-18-16-14-12-10-8-2/h7-36H2,1-6H3/q+2. The Hall–Kier alpha value is -1.14. The first-order valence-electron chi connectivity index (χ1n) is 19.1. The van der Waals surface area contributed by atoms with Crippen LogP contribution in [-0.2, 0) is 19.1 Å². The Kier molecular flexibility index (Phi) is 28.5. The molecule has 0 fully saturated rings. The van der Waals surface area contributed by atoms with E-state index in [9.17, 15) is 9.59 Å². The monoisotopic (exact) mass is 627 g/mol. The molecule has 6 heteroatoms. The van der Waals surface area contributed by atoms with Crippen LogP contribution in [-0.4, -0.2) is 88.5 Å². The minimum atomic E-state index is -0.150. The zero-order valence-corrected chi connectivity index (χ0v) is 30.7. The predicted molar refractivity (Wildman–Crippen MR) is 188 cm³/mol. The minimum Gasteiger partial charge on any atom is -0.460 e. The van der Waals surface area contributed by atoms with Crippen molar-refractivity contribution in [2.75, 3.05) is 67.6 Å². The SMILES string of the molecule is CCCCCCCCCCCC[N+](C)(C)CCOC(=O)CCCCC(=O)OCC[N+](C)(C)CCCCCCCCCCCC. The topological polar surface area (TPSA) is 52.6 Å². The Morgan fingerprint density at radius 2 is 0.659 bits per heavy atom. The summed E-state index contributed by atoms with van der Waals surface area (Å²) in [5.74, 6) is -0.299. The number of ether oxygens (including phenoxy) is 2. The molecule has 262 valence electrons. The van der Waals surface area contributed by atoms with Crippen LogP contribution in [0, 0.1) is 0 Å². The Morgan fingerprint density at radius 3 is 0.955 bits per heavy atom. The fraction of sp³-hybridized carbons (Fsp3) is 0.947. The lowest BCUT2D eigenvalue weighted by atomic mass is 10.1. The van der Waals surface area contributed by atoms with Crippen molar-refractivity contribution in [3.63, 3.8) is 0 Å². The second-order valence-corrected chi connectivity index (χ2v) is 14.8. The van der Waals surface area contributed by atoms with Crippen LogP contribution in [0.25, 0.3) is 0 Å². The van der Waals surface area contributed by atoms with E-state index in [1.807, 2.05) is 0 Å². The first kappa shape index (κ1) is 42.9. The maximum Gasteiger partial charge on any atom is 0.305 e. The zero-order valence-electron chi connectivity index (χ0n) is 30.7. The molecule has 0 aromatic rings. The highest BCUT2D eigenvalue weighted by molar-refractivity contribution is 5.70. The van der Waals surface area contributed by atoms with Crippen LogP contribution in [0.1, 0.15) is 168 Å². The Bertz CT molecular complexity index is 609. The summed E-state index contributed by atoms with van der Waals surface area (Å²) in [7, 11) is 8.91. The molecule has 0 spiro atoms. The number of rotatable bonds is 33. The van der Waals surface area contributed by atoms with E-state index in [-0.39, 0.29) is 11.9 Å². The number of carbonyl (C=O) groups is 2. The average Bonchev–Trinajstić information content (AvgIpc) is 2.97. The minimum absolute atomic E-state index is 0.150. The molecule has 44 heavy (non-hydrogen) atoms. The molecule has 0 aromatic carbocycles. The van der Waals surface area contributed by atoms with E-state index < -0.39 is 0 Å². The first-order chi connectivity index (χ1) is 21.1. The molecule has 6 nitrogen and oxygen atoms in total. The van der Waals surface area contributed by atoms with E-state index in [0.29, 0.717) is 38.9 Å². The molecule has 0 aliphatic heterocycles. The van der Waals surface area contributed by atoms with Gasteiger partial charge in [0, 0.05) is 12.8 Å². The van der Waals surface area contributed by atoms with Crippen LogP contribution in [0.2, 0.25) is 0 Å². The van der Waals surface area contributed by atoms with E-state index in [2.05, 4.69) is 42.0 Å². The Labute approximate surface area is 275 Å². The van der Waals surface area contributed by atoms with Crippen molar-refractivity contribution < 1.29 is 28.0 Å². The highest BCUT2D eigenvalue weighted by Gasteiger charge is 2.17. The molecule has 0 atom stereocenters. The fourth-order valence-electron chi connectivity index (χ4n) is 5.77. The zero-order chi connectivity index (χ0) is 32.8. The number of unbranched alkanes of at least 4 members (excludes halogenated alkanes) is 19. The Morgan fingerprint density at radius 1 is 0.386 bits per heavy atom. The summed E-state index contributed by atoms with van der Waals surface area (Å²) < 4.78 is 12.8. The van der Waals surface area contributed by atoms with Crippen molar-refractivity contribution in [2.45, 2.75) is 168 Å². The van der Waals surface area contributed by atoms with Crippen LogP contribution in [0.4, 0.5) is 0 Å². The second-order valence-electron chi connectivity index (χ2n) is 14.8. The van der Waals surface area contributed by atoms with Gasteiger partial charge in [0.2, 0.25) is 0 Å². The van der Waals surface area contributed by atoms with Gasteiger partial charge in [0.1, 0.15) is 26.3 Å². The van der Waals surface area contributed by atoms with Crippen LogP contribution >= 0.6 is 0 Å². The highest BCUT2D eigenvalue weighted by atomic mass is 16.5. The Balaban J connectivity index is 3.68. The van der Waals surface area contributed by atoms with Gasteiger partial charge in [-0.15, -0.1) is 0 Å².